The van der Waals surface area contributed by atoms with Crippen molar-refractivity contribution in [1.29, 1.82) is 0 Å². The molecule has 0 saturated carbocycles. The molecule has 0 aliphatic rings. The van der Waals surface area contributed by atoms with Crippen LogP contribution < -0.4 is 0 Å². The molecule has 0 bridgehead atoms. The number of phenolic OH excluding ortho intramolecular Hbond substituents is 1. The average molecular weight is 384 g/mol. The SMILES string of the molecule is O=C(/C=C/c1ccc(Br)cc1F)c1ccc(O)c(CCCl)c1. The van der Waals surface area contributed by atoms with Crippen LogP contribution in [0.5, 0.6) is 5.75 Å². The summed E-state index contributed by atoms with van der Waals surface area (Å²) in [5.41, 5.74) is 1.37. The molecule has 2 aromatic rings. The summed E-state index contributed by atoms with van der Waals surface area (Å²) in [5, 5.41) is 9.68. The van der Waals surface area contributed by atoms with Gasteiger partial charge in [-0.1, -0.05) is 22.0 Å². The maximum atomic E-state index is 13.7. The molecule has 0 heterocycles. The second-order valence-electron chi connectivity index (χ2n) is 4.65. The Morgan fingerprint density at radius 2 is 2.05 bits per heavy atom. The number of ketones is 1. The number of carbonyl (C=O) groups is 1. The van der Waals surface area contributed by atoms with Gasteiger partial charge in [0.25, 0.3) is 0 Å². The molecule has 2 rings (SSSR count). The Hall–Kier alpha value is -1.65. The molecule has 0 aromatic heterocycles. The largest absolute Gasteiger partial charge is 0.508 e. The Morgan fingerprint density at radius 3 is 2.73 bits per heavy atom. The van der Waals surface area contributed by atoms with Crippen molar-refractivity contribution in [2.45, 2.75) is 6.42 Å². The third-order valence-electron chi connectivity index (χ3n) is 3.10. The predicted octanol–water partition coefficient (Wildman–Crippen LogP) is 4.97. The summed E-state index contributed by atoms with van der Waals surface area (Å²) in [6.45, 7) is 0. The highest BCUT2D eigenvalue weighted by atomic mass is 79.9. The molecular formula is C17H13BrClFO2. The monoisotopic (exact) mass is 382 g/mol. The Labute approximate surface area is 141 Å². The van der Waals surface area contributed by atoms with Crippen LogP contribution in [0.25, 0.3) is 6.08 Å². The highest BCUT2D eigenvalue weighted by Crippen LogP contribution is 2.21. The van der Waals surface area contributed by atoms with E-state index in [1.807, 2.05) is 0 Å². The predicted molar refractivity (Wildman–Crippen MR) is 90.0 cm³/mol. The second kappa shape index (κ2) is 7.56. The minimum Gasteiger partial charge on any atom is -0.508 e. The number of halogens is 3. The highest BCUT2D eigenvalue weighted by Gasteiger charge is 2.07. The zero-order valence-corrected chi connectivity index (χ0v) is 13.9. The Morgan fingerprint density at radius 1 is 1.27 bits per heavy atom. The smallest absolute Gasteiger partial charge is 0.185 e. The number of hydrogen-bond acceptors (Lipinski definition) is 2. The quantitative estimate of drug-likeness (QED) is 0.449. The molecule has 2 aromatic carbocycles. The number of allylic oxidation sites excluding steroid dienone is 1. The fraction of sp³-hybridized carbons (Fsp3) is 0.118. The van der Waals surface area contributed by atoms with Gasteiger partial charge >= 0.3 is 0 Å². The van der Waals surface area contributed by atoms with Crippen LogP contribution >= 0.6 is 27.5 Å². The summed E-state index contributed by atoms with van der Waals surface area (Å²) in [5.74, 6) is -0.212. The number of alkyl halides is 1. The molecule has 0 amide bonds. The number of aromatic hydroxyl groups is 1. The van der Waals surface area contributed by atoms with E-state index >= 15 is 0 Å². The molecule has 5 heteroatoms. The van der Waals surface area contributed by atoms with E-state index in [9.17, 15) is 14.3 Å². The minimum atomic E-state index is -0.410. The number of rotatable bonds is 5. The molecule has 22 heavy (non-hydrogen) atoms. The Kier molecular flexibility index (Phi) is 5.75. The van der Waals surface area contributed by atoms with E-state index in [-0.39, 0.29) is 11.5 Å². The topological polar surface area (TPSA) is 37.3 Å². The summed E-state index contributed by atoms with van der Waals surface area (Å²) in [4.78, 5) is 12.1. The summed E-state index contributed by atoms with van der Waals surface area (Å²) in [7, 11) is 0. The first-order chi connectivity index (χ1) is 10.5. The van der Waals surface area contributed by atoms with E-state index in [0.29, 0.717) is 33.5 Å². The van der Waals surface area contributed by atoms with Crippen molar-refractivity contribution in [2.75, 3.05) is 5.88 Å². The third kappa shape index (κ3) is 4.18. The van der Waals surface area contributed by atoms with Crippen LogP contribution in [0.2, 0.25) is 0 Å². The summed E-state index contributed by atoms with van der Waals surface area (Å²) >= 11 is 8.83. The lowest BCUT2D eigenvalue weighted by Crippen LogP contribution is -1.97. The number of hydrogen-bond donors (Lipinski definition) is 1. The molecule has 1 N–H and O–H groups in total. The van der Waals surface area contributed by atoms with Gasteiger partial charge in [-0.05, 0) is 54.5 Å². The van der Waals surface area contributed by atoms with Crippen LogP contribution in [0.4, 0.5) is 4.39 Å². The number of phenols is 1. The van der Waals surface area contributed by atoms with Gasteiger partial charge in [-0.2, -0.15) is 0 Å². The molecule has 0 atom stereocenters. The zero-order chi connectivity index (χ0) is 16.1. The lowest BCUT2D eigenvalue weighted by Gasteiger charge is -2.04. The van der Waals surface area contributed by atoms with E-state index < -0.39 is 5.82 Å². The molecule has 0 aliphatic carbocycles. The maximum absolute atomic E-state index is 13.7. The summed E-state index contributed by atoms with van der Waals surface area (Å²) in [6, 6.07) is 9.21. The van der Waals surface area contributed by atoms with Crippen LogP contribution in [-0.2, 0) is 6.42 Å². The molecule has 0 saturated heterocycles. The standard InChI is InChI=1S/C17H13BrClFO2/c18-14-4-1-11(15(20)10-14)2-5-16(21)12-3-6-17(22)13(9-12)7-8-19/h1-6,9-10,22H,7-8H2/b5-2+. The van der Waals surface area contributed by atoms with Crippen molar-refractivity contribution in [2.24, 2.45) is 0 Å². The van der Waals surface area contributed by atoms with Gasteiger partial charge in [0.1, 0.15) is 11.6 Å². The highest BCUT2D eigenvalue weighted by molar-refractivity contribution is 9.10. The van der Waals surface area contributed by atoms with Gasteiger partial charge in [0, 0.05) is 21.5 Å². The normalized spacial score (nSPS) is 11.0. The summed E-state index contributed by atoms with van der Waals surface area (Å²) < 4.78 is 14.3. The first kappa shape index (κ1) is 16.7. The number of aryl methyl sites for hydroxylation is 1. The zero-order valence-electron chi connectivity index (χ0n) is 11.5. The minimum absolute atomic E-state index is 0.111. The fourth-order valence-corrected chi connectivity index (χ4v) is 2.48. The van der Waals surface area contributed by atoms with Gasteiger partial charge in [-0.25, -0.2) is 4.39 Å². The van der Waals surface area contributed by atoms with E-state index in [0.717, 1.165) is 0 Å². The fourth-order valence-electron chi connectivity index (χ4n) is 1.94. The van der Waals surface area contributed by atoms with Crippen molar-refractivity contribution < 1.29 is 14.3 Å². The molecule has 2 nitrogen and oxygen atoms in total. The number of carbonyl (C=O) groups excluding carboxylic acids is 1. The molecule has 0 unspecified atom stereocenters. The lowest BCUT2D eigenvalue weighted by molar-refractivity contribution is 0.104. The Balaban J connectivity index is 2.21. The van der Waals surface area contributed by atoms with Gasteiger partial charge < -0.3 is 5.11 Å². The second-order valence-corrected chi connectivity index (χ2v) is 5.94. The van der Waals surface area contributed by atoms with Gasteiger partial charge in [0.2, 0.25) is 0 Å². The lowest BCUT2D eigenvalue weighted by atomic mass is 10.0. The third-order valence-corrected chi connectivity index (χ3v) is 3.79. The first-order valence-corrected chi connectivity index (χ1v) is 7.89. The van der Waals surface area contributed by atoms with Crippen LogP contribution in [0.1, 0.15) is 21.5 Å². The van der Waals surface area contributed by atoms with Gasteiger partial charge in [-0.15, -0.1) is 11.6 Å². The average Bonchev–Trinajstić information content (AvgIpc) is 2.48. The van der Waals surface area contributed by atoms with Crippen molar-refractivity contribution >= 4 is 39.4 Å². The molecule has 0 fully saturated rings. The van der Waals surface area contributed by atoms with Crippen molar-refractivity contribution in [3.05, 3.63) is 69.5 Å². The Bertz CT molecular complexity index is 729. The molecule has 114 valence electrons. The van der Waals surface area contributed by atoms with Crippen molar-refractivity contribution in [1.82, 2.24) is 0 Å². The maximum Gasteiger partial charge on any atom is 0.185 e. The van der Waals surface area contributed by atoms with E-state index in [1.54, 1.807) is 18.2 Å². The molecular weight excluding hydrogens is 371 g/mol. The van der Waals surface area contributed by atoms with E-state index in [2.05, 4.69) is 15.9 Å². The molecule has 0 spiro atoms. The van der Waals surface area contributed by atoms with Gasteiger partial charge in [-0.3, -0.25) is 4.79 Å². The summed E-state index contributed by atoms with van der Waals surface area (Å²) in [6.07, 6.45) is 3.21. The van der Waals surface area contributed by atoms with Gasteiger partial charge in [0.05, 0.1) is 0 Å². The van der Waals surface area contributed by atoms with Crippen molar-refractivity contribution in [3.8, 4) is 5.75 Å². The van der Waals surface area contributed by atoms with Crippen LogP contribution in [0.15, 0.2) is 46.9 Å². The van der Waals surface area contributed by atoms with E-state index in [4.69, 9.17) is 11.6 Å². The van der Waals surface area contributed by atoms with Crippen LogP contribution in [-0.4, -0.2) is 16.8 Å². The van der Waals surface area contributed by atoms with Crippen molar-refractivity contribution in [3.63, 3.8) is 0 Å². The van der Waals surface area contributed by atoms with Gasteiger partial charge in [0.15, 0.2) is 5.78 Å². The number of benzene rings is 2. The molecule has 0 radical (unpaired) electrons. The molecule has 0 aliphatic heterocycles. The van der Waals surface area contributed by atoms with E-state index in [1.165, 1.54) is 30.4 Å². The van der Waals surface area contributed by atoms with Crippen LogP contribution in [0.3, 0.4) is 0 Å². The van der Waals surface area contributed by atoms with Crippen LogP contribution in [0, 0.1) is 5.82 Å². The first-order valence-electron chi connectivity index (χ1n) is 6.56.